The van der Waals surface area contributed by atoms with Crippen LogP contribution in [0.3, 0.4) is 0 Å². The summed E-state index contributed by atoms with van der Waals surface area (Å²) in [5.41, 5.74) is 1.57. The van der Waals surface area contributed by atoms with Crippen LogP contribution in [0.25, 0.3) is 10.9 Å². The van der Waals surface area contributed by atoms with Crippen LogP contribution >= 0.6 is 0 Å². The maximum absolute atomic E-state index is 12.6. The minimum atomic E-state index is -0.274. The first-order chi connectivity index (χ1) is 9.78. The van der Waals surface area contributed by atoms with E-state index in [4.69, 9.17) is 0 Å². The molecule has 0 saturated carbocycles. The molecule has 1 saturated heterocycles. The Kier molecular flexibility index (Phi) is 3.63. The molecule has 1 aromatic carbocycles. The molecule has 2 aromatic rings. The topological polar surface area (TPSA) is 33.2 Å². The minimum Gasteiger partial charge on any atom is -0.339 e. The lowest BCUT2D eigenvalue weighted by Crippen LogP contribution is -2.38. The lowest BCUT2D eigenvalue weighted by molar-refractivity contribution is 0.0678. The average Bonchev–Trinajstić information content (AvgIpc) is 2.54. The molecule has 2 heterocycles. The van der Waals surface area contributed by atoms with Crippen LogP contribution in [0.15, 0.2) is 36.5 Å². The van der Waals surface area contributed by atoms with Crippen molar-refractivity contribution in [3.63, 3.8) is 0 Å². The number of pyridine rings is 1. The van der Waals surface area contributed by atoms with Gasteiger partial charge in [-0.2, -0.15) is 0 Å². The molecule has 1 aromatic heterocycles. The Morgan fingerprint density at radius 2 is 2.10 bits per heavy atom. The van der Waals surface area contributed by atoms with Crippen molar-refractivity contribution < 1.29 is 9.18 Å². The quantitative estimate of drug-likeness (QED) is 0.841. The number of rotatable bonds is 2. The molecule has 1 amide bonds. The molecular formula is C16H17FN2O. The molecule has 0 bridgehead atoms. The summed E-state index contributed by atoms with van der Waals surface area (Å²) in [6.07, 6.45) is 3.26. The predicted octanol–water partition coefficient (Wildman–Crippen LogP) is 3.06. The van der Waals surface area contributed by atoms with Crippen molar-refractivity contribution >= 4 is 16.8 Å². The van der Waals surface area contributed by atoms with E-state index in [0.29, 0.717) is 18.7 Å². The van der Waals surface area contributed by atoms with Crippen molar-refractivity contribution in [2.45, 2.75) is 12.8 Å². The summed E-state index contributed by atoms with van der Waals surface area (Å²) >= 11 is 0. The molecule has 0 radical (unpaired) electrons. The van der Waals surface area contributed by atoms with Gasteiger partial charge in [0.25, 0.3) is 5.91 Å². The van der Waals surface area contributed by atoms with Crippen LogP contribution in [0.1, 0.15) is 23.2 Å². The predicted molar refractivity (Wildman–Crippen MR) is 76.3 cm³/mol. The lowest BCUT2D eigenvalue weighted by atomic mass is 9.97. The summed E-state index contributed by atoms with van der Waals surface area (Å²) in [6.45, 7) is 1.03. The van der Waals surface area contributed by atoms with Gasteiger partial charge in [0, 0.05) is 30.2 Å². The number of amides is 1. The fourth-order valence-electron chi connectivity index (χ4n) is 2.68. The zero-order valence-corrected chi connectivity index (χ0v) is 11.3. The Morgan fingerprint density at radius 1 is 1.30 bits per heavy atom. The van der Waals surface area contributed by atoms with Gasteiger partial charge in [-0.05, 0) is 43.0 Å². The second kappa shape index (κ2) is 5.57. The van der Waals surface area contributed by atoms with Gasteiger partial charge in [0.15, 0.2) is 0 Å². The van der Waals surface area contributed by atoms with Crippen LogP contribution in [0, 0.1) is 5.92 Å². The number of likely N-dealkylation sites (tertiary alicyclic amines) is 1. The van der Waals surface area contributed by atoms with E-state index in [1.165, 1.54) is 0 Å². The Hall–Kier alpha value is -1.97. The molecule has 104 valence electrons. The van der Waals surface area contributed by atoms with E-state index in [2.05, 4.69) is 4.98 Å². The van der Waals surface area contributed by atoms with Gasteiger partial charge in [0.2, 0.25) is 0 Å². The first-order valence-corrected chi connectivity index (χ1v) is 6.98. The zero-order valence-electron chi connectivity index (χ0n) is 11.3. The molecule has 0 unspecified atom stereocenters. The number of piperidine rings is 1. The SMILES string of the molecule is O=C(c1ccc2ncccc2c1)N1CCC(CF)CC1. The molecule has 0 atom stereocenters. The number of carbonyl (C=O) groups excluding carboxylic acids is 1. The van der Waals surface area contributed by atoms with Crippen molar-refractivity contribution in [2.24, 2.45) is 5.92 Å². The maximum Gasteiger partial charge on any atom is 0.253 e. The lowest BCUT2D eigenvalue weighted by Gasteiger charge is -2.30. The number of alkyl halides is 1. The van der Waals surface area contributed by atoms with E-state index in [9.17, 15) is 9.18 Å². The second-order valence-corrected chi connectivity index (χ2v) is 5.30. The summed E-state index contributed by atoms with van der Waals surface area (Å²) in [5, 5.41) is 0.969. The maximum atomic E-state index is 12.6. The Labute approximate surface area is 117 Å². The van der Waals surface area contributed by atoms with Gasteiger partial charge in [-0.3, -0.25) is 14.2 Å². The number of halogens is 1. The average molecular weight is 272 g/mol. The highest BCUT2D eigenvalue weighted by Crippen LogP contribution is 2.21. The summed E-state index contributed by atoms with van der Waals surface area (Å²) in [7, 11) is 0. The fourth-order valence-corrected chi connectivity index (χ4v) is 2.68. The van der Waals surface area contributed by atoms with Crippen LogP contribution in [-0.4, -0.2) is 35.6 Å². The number of benzene rings is 1. The van der Waals surface area contributed by atoms with E-state index < -0.39 is 0 Å². The van der Waals surface area contributed by atoms with Crippen LogP contribution in [0.4, 0.5) is 4.39 Å². The largest absolute Gasteiger partial charge is 0.339 e. The smallest absolute Gasteiger partial charge is 0.253 e. The fraction of sp³-hybridized carbons (Fsp3) is 0.375. The van der Waals surface area contributed by atoms with Crippen LogP contribution in [-0.2, 0) is 0 Å². The standard InChI is InChI=1S/C16H17FN2O/c17-11-12-5-8-19(9-6-12)16(20)14-3-4-15-13(10-14)2-1-7-18-15/h1-4,7,10,12H,5-6,8-9,11H2. The van der Waals surface area contributed by atoms with Gasteiger partial charge >= 0.3 is 0 Å². The number of hydrogen-bond acceptors (Lipinski definition) is 2. The highest BCUT2D eigenvalue weighted by atomic mass is 19.1. The van der Waals surface area contributed by atoms with Crippen LogP contribution in [0.2, 0.25) is 0 Å². The van der Waals surface area contributed by atoms with Crippen molar-refractivity contribution in [1.82, 2.24) is 9.88 Å². The van der Waals surface area contributed by atoms with Gasteiger partial charge in [-0.1, -0.05) is 6.07 Å². The normalized spacial score (nSPS) is 16.6. The Morgan fingerprint density at radius 3 is 2.85 bits per heavy atom. The van der Waals surface area contributed by atoms with Crippen LogP contribution in [0.5, 0.6) is 0 Å². The third-order valence-electron chi connectivity index (χ3n) is 3.97. The van der Waals surface area contributed by atoms with Gasteiger partial charge in [-0.15, -0.1) is 0 Å². The van der Waals surface area contributed by atoms with E-state index in [1.54, 1.807) is 6.20 Å². The molecule has 1 fully saturated rings. The summed E-state index contributed by atoms with van der Waals surface area (Å²) in [6, 6.07) is 9.39. The Balaban J connectivity index is 1.79. The second-order valence-electron chi connectivity index (χ2n) is 5.30. The molecule has 0 spiro atoms. The van der Waals surface area contributed by atoms with Crippen molar-refractivity contribution in [1.29, 1.82) is 0 Å². The van der Waals surface area contributed by atoms with Crippen molar-refractivity contribution in [2.75, 3.05) is 19.8 Å². The van der Waals surface area contributed by atoms with E-state index in [0.717, 1.165) is 23.7 Å². The molecule has 1 aliphatic rings. The summed E-state index contributed by atoms with van der Waals surface area (Å²) < 4.78 is 12.6. The van der Waals surface area contributed by atoms with Crippen LogP contribution < -0.4 is 0 Å². The summed E-state index contributed by atoms with van der Waals surface area (Å²) in [5.74, 6) is 0.160. The molecule has 1 aliphatic heterocycles. The minimum absolute atomic E-state index is 0.0352. The number of hydrogen-bond donors (Lipinski definition) is 0. The molecular weight excluding hydrogens is 255 g/mol. The molecule has 3 rings (SSSR count). The molecule has 0 aliphatic carbocycles. The number of aromatic nitrogens is 1. The number of carbonyl (C=O) groups is 1. The van der Waals surface area contributed by atoms with Crippen molar-refractivity contribution in [3.05, 3.63) is 42.1 Å². The number of nitrogens with zero attached hydrogens (tertiary/aromatic N) is 2. The monoisotopic (exact) mass is 272 g/mol. The summed E-state index contributed by atoms with van der Waals surface area (Å²) in [4.78, 5) is 18.5. The first-order valence-electron chi connectivity index (χ1n) is 6.98. The Bertz CT molecular complexity index is 621. The van der Waals surface area contributed by atoms with Gasteiger partial charge in [0.1, 0.15) is 0 Å². The van der Waals surface area contributed by atoms with Gasteiger partial charge in [0.05, 0.1) is 12.2 Å². The van der Waals surface area contributed by atoms with Gasteiger partial charge in [-0.25, -0.2) is 0 Å². The molecule has 0 N–H and O–H groups in total. The highest BCUT2D eigenvalue weighted by molar-refractivity contribution is 5.97. The molecule has 3 nitrogen and oxygen atoms in total. The van der Waals surface area contributed by atoms with Crippen molar-refractivity contribution in [3.8, 4) is 0 Å². The van der Waals surface area contributed by atoms with E-state index in [1.807, 2.05) is 35.2 Å². The highest BCUT2D eigenvalue weighted by Gasteiger charge is 2.23. The van der Waals surface area contributed by atoms with E-state index >= 15 is 0 Å². The third kappa shape index (κ3) is 2.50. The third-order valence-corrected chi connectivity index (χ3v) is 3.97. The van der Waals surface area contributed by atoms with E-state index in [-0.39, 0.29) is 18.5 Å². The zero-order chi connectivity index (χ0) is 13.9. The van der Waals surface area contributed by atoms with Gasteiger partial charge < -0.3 is 4.90 Å². The first kappa shape index (κ1) is 13.0. The number of fused-ring (bicyclic) bond motifs is 1. The molecule has 20 heavy (non-hydrogen) atoms. The molecule has 4 heteroatoms.